The van der Waals surface area contributed by atoms with Gasteiger partial charge in [-0.3, -0.25) is 33.6 Å². The zero-order valence-corrected chi connectivity index (χ0v) is 59.6. The molecule has 1 spiro atoms. The lowest BCUT2D eigenvalue weighted by molar-refractivity contribution is -0.132. The molecule has 1 saturated carbocycles. The summed E-state index contributed by atoms with van der Waals surface area (Å²) in [5, 5.41) is 40.3. The maximum Gasteiger partial charge on any atom is 0.416 e. The zero-order chi connectivity index (χ0) is 74.1. The van der Waals surface area contributed by atoms with Crippen molar-refractivity contribution >= 4 is 75.8 Å². The van der Waals surface area contributed by atoms with Crippen LogP contribution >= 0.6 is 0 Å². The SMILES string of the molecule is COc1ccc(C2=CN3C(O)c4cc(OC)c(OCCCCCOc5cc6c(cc5OC)C(=O)N5CC7(CC7)C[C@H]5[C@H](O)N6C(=O)OCc5ccc(NC(=O)[C@H](C)NC(=O)[C@@H](NC(=O)CNC(=O)CNC(=O)CCC(=O)N6Cc7ccccc7C#Cc7ccccc76)C(C)C)cc5)cc4NC[C@@H]3C2)cc1. The predicted octanol–water partition coefficient (Wildman–Crippen LogP) is 7.89. The molecule has 8 N–H and O–H groups in total. The number of para-hydroxylation sites is 1. The normalized spacial score (nSPS) is 18.3. The van der Waals surface area contributed by atoms with Crippen molar-refractivity contribution in [1.82, 2.24) is 31.1 Å². The lowest BCUT2D eigenvalue weighted by Crippen LogP contribution is -2.55. The van der Waals surface area contributed by atoms with Gasteiger partial charge >= 0.3 is 6.09 Å². The Labute approximate surface area is 609 Å². The molecule has 1 aliphatic carbocycles. The van der Waals surface area contributed by atoms with Crippen LogP contribution in [0.1, 0.15) is 129 Å². The van der Waals surface area contributed by atoms with Gasteiger partial charge in [0.25, 0.3) is 5.91 Å². The van der Waals surface area contributed by atoms with Crippen LogP contribution in [0.3, 0.4) is 0 Å². The first-order valence-electron chi connectivity index (χ1n) is 35.4. The Balaban J connectivity index is 0.591. The van der Waals surface area contributed by atoms with Crippen LogP contribution in [0.2, 0.25) is 0 Å². The molecule has 6 aromatic rings. The summed E-state index contributed by atoms with van der Waals surface area (Å²) in [6, 6.07) is 33.0. The lowest BCUT2D eigenvalue weighted by atomic mass is 10.0. The van der Waals surface area contributed by atoms with E-state index in [2.05, 4.69) is 43.7 Å². The third-order valence-corrected chi connectivity index (χ3v) is 19.9. The van der Waals surface area contributed by atoms with Gasteiger partial charge in [-0.2, -0.15) is 0 Å². The summed E-state index contributed by atoms with van der Waals surface area (Å²) in [7, 11) is 4.67. The topological polar surface area (TPSA) is 318 Å². The van der Waals surface area contributed by atoms with Gasteiger partial charge in [0.2, 0.25) is 35.4 Å². The Bertz CT molecular complexity index is 4380. The van der Waals surface area contributed by atoms with Crippen LogP contribution in [-0.4, -0.2) is 159 Å². The van der Waals surface area contributed by atoms with Crippen molar-refractivity contribution in [3.8, 4) is 40.6 Å². The van der Waals surface area contributed by atoms with Gasteiger partial charge < -0.3 is 85.2 Å². The molecule has 550 valence electrons. The number of benzene rings is 6. The van der Waals surface area contributed by atoms with Crippen LogP contribution in [0.25, 0.3) is 5.57 Å². The highest BCUT2D eigenvalue weighted by atomic mass is 16.6. The highest BCUT2D eigenvalue weighted by Gasteiger charge is 2.58. The first kappa shape index (κ1) is 73.5. The number of aliphatic hydroxyl groups excluding tert-OH is 2. The molecule has 5 aliphatic heterocycles. The summed E-state index contributed by atoms with van der Waals surface area (Å²) >= 11 is 0. The number of methoxy groups -OCH3 is 3. The average molecular weight is 1430 g/mol. The maximum atomic E-state index is 14.5. The van der Waals surface area contributed by atoms with Gasteiger partial charge in [-0.25, -0.2) is 9.69 Å². The summed E-state index contributed by atoms with van der Waals surface area (Å²) in [5.74, 6) is 4.38. The van der Waals surface area contributed by atoms with Crippen molar-refractivity contribution in [1.29, 1.82) is 0 Å². The molecule has 6 atom stereocenters. The van der Waals surface area contributed by atoms with E-state index < -0.39 is 85.2 Å². The van der Waals surface area contributed by atoms with E-state index in [1.54, 1.807) is 68.2 Å². The van der Waals surface area contributed by atoms with E-state index in [-0.39, 0.29) is 78.6 Å². The number of fused-ring (bicyclic) bond motifs is 6. The summed E-state index contributed by atoms with van der Waals surface area (Å²) in [5.41, 5.74) is 7.57. The Morgan fingerprint density at radius 1 is 0.695 bits per heavy atom. The van der Waals surface area contributed by atoms with E-state index in [0.717, 1.165) is 57.9 Å². The summed E-state index contributed by atoms with van der Waals surface area (Å²) in [6.45, 7) is 5.52. The minimum absolute atomic E-state index is 0.0235. The van der Waals surface area contributed by atoms with Gasteiger partial charge in [0.1, 0.15) is 24.4 Å². The molecule has 0 aromatic heterocycles. The van der Waals surface area contributed by atoms with Crippen LogP contribution < -0.4 is 65.4 Å². The zero-order valence-electron chi connectivity index (χ0n) is 59.6. The summed E-state index contributed by atoms with van der Waals surface area (Å²) in [6.07, 6.45) is 3.40. The second kappa shape index (κ2) is 32.6. The largest absolute Gasteiger partial charge is 0.497 e. The van der Waals surface area contributed by atoms with Gasteiger partial charge in [-0.15, -0.1) is 0 Å². The van der Waals surface area contributed by atoms with E-state index in [4.69, 9.17) is 28.4 Å². The number of carbonyl (C=O) groups excluding carboxylic acids is 8. The molecular weight excluding hydrogens is 1340 g/mol. The predicted molar refractivity (Wildman–Crippen MR) is 390 cm³/mol. The molecule has 2 fully saturated rings. The highest BCUT2D eigenvalue weighted by Crippen LogP contribution is 2.57. The van der Waals surface area contributed by atoms with Gasteiger partial charge in [-0.1, -0.05) is 80.3 Å². The molecule has 5 heterocycles. The quantitative estimate of drug-likeness (QED) is 0.0179. The summed E-state index contributed by atoms with van der Waals surface area (Å²) < 4.78 is 35.4. The summed E-state index contributed by atoms with van der Waals surface area (Å²) in [4.78, 5) is 114. The van der Waals surface area contributed by atoms with E-state index in [1.165, 1.54) is 26.2 Å². The molecule has 1 saturated heterocycles. The van der Waals surface area contributed by atoms with Crippen molar-refractivity contribution in [3.05, 3.63) is 166 Å². The average Bonchev–Trinajstić information content (AvgIpc) is 1.57. The van der Waals surface area contributed by atoms with E-state index in [9.17, 15) is 48.6 Å². The molecule has 6 aliphatic rings. The Kier molecular flexibility index (Phi) is 22.8. The van der Waals surface area contributed by atoms with E-state index in [0.29, 0.717) is 84.9 Å². The van der Waals surface area contributed by atoms with Crippen molar-refractivity contribution in [2.45, 2.75) is 128 Å². The Hall–Kier alpha value is -11.3. The monoisotopic (exact) mass is 1430 g/mol. The number of rotatable bonds is 27. The number of hydrogen-bond acceptors (Lipinski definition) is 18. The van der Waals surface area contributed by atoms with Crippen LogP contribution in [0.5, 0.6) is 28.7 Å². The number of amides is 8. The van der Waals surface area contributed by atoms with Gasteiger partial charge in [0, 0.05) is 72.3 Å². The second-order valence-electron chi connectivity index (χ2n) is 27.5. The molecule has 26 nitrogen and oxygen atoms in total. The maximum absolute atomic E-state index is 14.5. The number of hydrogen-bond donors (Lipinski definition) is 8. The third kappa shape index (κ3) is 17.0. The molecule has 26 heteroatoms. The molecule has 1 unspecified atom stereocenters. The first-order valence-corrected chi connectivity index (χ1v) is 35.4. The van der Waals surface area contributed by atoms with Gasteiger partial charge in [0.15, 0.2) is 35.5 Å². The molecule has 0 radical (unpaired) electrons. The van der Waals surface area contributed by atoms with Gasteiger partial charge in [-0.05, 0) is 140 Å². The fraction of sp³-hybridized carbons (Fsp3) is 0.392. The highest BCUT2D eigenvalue weighted by molar-refractivity contribution is 6.06. The number of carbonyl (C=O) groups is 8. The van der Waals surface area contributed by atoms with Crippen LogP contribution in [0.15, 0.2) is 128 Å². The first-order chi connectivity index (χ1) is 50.7. The van der Waals surface area contributed by atoms with Crippen molar-refractivity contribution in [2.75, 3.05) is 81.2 Å². The van der Waals surface area contributed by atoms with Crippen molar-refractivity contribution in [2.24, 2.45) is 11.3 Å². The van der Waals surface area contributed by atoms with Crippen molar-refractivity contribution < 1.29 is 77.0 Å². The van der Waals surface area contributed by atoms with Crippen LogP contribution in [0, 0.1) is 23.2 Å². The fourth-order valence-corrected chi connectivity index (χ4v) is 13.8. The number of aliphatic hydroxyl groups is 2. The molecule has 6 aromatic carbocycles. The second-order valence-corrected chi connectivity index (χ2v) is 27.5. The number of nitrogens with zero attached hydrogens (tertiary/aromatic N) is 4. The fourth-order valence-electron chi connectivity index (χ4n) is 13.8. The Morgan fingerprint density at radius 3 is 2.09 bits per heavy atom. The number of ether oxygens (including phenoxy) is 6. The van der Waals surface area contributed by atoms with Crippen molar-refractivity contribution in [3.63, 3.8) is 0 Å². The molecular formula is C79H88N10O16. The molecule has 8 amide bonds. The van der Waals surface area contributed by atoms with E-state index in [1.807, 2.05) is 90.0 Å². The van der Waals surface area contributed by atoms with E-state index >= 15 is 0 Å². The molecule has 12 rings (SSSR count). The molecule has 105 heavy (non-hydrogen) atoms. The molecule has 0 bridgehead atoms. The smallest absolute Gasteiger partial charge is 0.416 e. The lowest BCUT2D eigenvalue weighted by Gasteiger charge is -2.31. The van der Waals surface area contributed by atoms with Gasteiger partial charge in [0.05, 0.1) is 83.2 Å². The Morgan fingerprint density at radius 2 is 1.37 bits per heavy atom. The third-order valence-electron chi connectivity index (χ3n) is 19.9. The minimum atomic E-state index is -1.47. The number of anilines is 4. The number of unbranched alkanes of at least 4 members (excludes halogenated alkanes) is 2. The van der Waals surface area contributed by atoms with Crippen LogP contribution in [-0.2, 0) is 46.7 Å². The standard InChI is InChI=1S/C79H88N10O16/c1-47(2)72(85-70(92)42-82-69(91)41-81-68(90)28-29-71(93)87-43-53-16-9-8-14-50(53)20-21-52-15-10-11-17-61(52)87)74(95)83-48(3)73(94)84-55-24-18-49(19-25-55)45-105-78(99)89-62-38-67(65(102-6)36-59(62)76(97)88-46-79(30-31-79)39-63(88)77(89)98)104-33-13-7-12-32-103-66-37-60-58(35-64(66)101-5)75(96)86-44-54(34-56(86)40-80-60)51-22-26-57(100-4)27-23-51/h8-11,14-19,22-27,35-38,44,47-48,56,63,72,75,77,80,96,98H,7,12-13,28-34,39-43,45-46H2,1-6H3,(H,81,90)(H,82,91)(H,83,95)(H,84,94)(H,85,92)/t48-,56-,63-,72-,75?,77-/m0/s1. The number of nitrogens with one attached hydrogen (secondary N) is 6. The van der Waals surface area contributed by atoms with Crippen LogP contribution in [0.4, 0.5) is 27.5 Å². The minimum Gasteiger partial charge on any atom is -0.497 e.